The summed E-state index contributed by atoms with van der Waals surface area (Å²) >= 11 is 0. The molecule has 0 aromatic rings. The quantitative estimate of drug-likeness (QED) is 0.339. The van der Waals surface area contributed by atoms with Crippen LogP contribution in [0.1, 0.15) is 0 Å². The van der Waals surface area contributed by atoms with Crippen LogP contribution in [0, 0.1) is 0 Å². The first kappa shape index (κ1) is 12.9. The summed E-state index contributed by atoms with van der Waals surface area (Å²) in [6.45, 7) is 0. The van der Waals surface area contributed by atoms with Crippen LogP contribution in [0.25, 0.3) is 0 Å². The lowest BCUT2D eigenvalue weighted by Gasteiger charge is -2.05. The summed E-state index contributed by atoms with van der Waals surface area (Å²) in [6.07, 6.45) is 2.76. The van der Waals surface area contributed by atoms with Gasteiger partial charge in [0, 0.05) is 0 Å². The van der Waals surface area contributed by atoms with Gasteiger partial charge in [0.1, 0.15) is 0 Å². The van der Waals surface area contributed by atoms with E-state index in [0.717, 1.165) is 18.2 Å². The van der Waals surface area contributed by atoms with Crippen molar-refractivity contribution < 1.29 is 24.0 Å². The van der Waals surface area contributed by atoms with Crippen molar-refractivity contribution in [1.82, 2.24) is 15.9 Å². The number of rotatable bonds is 3. The minimum atomic E-state index is -1.36. The average molecular weight is 226 g/mol. The Balaban J connectivity index is 4.52. The molecule has 11 heteroatoms. The number of imide groups is 1. The molecule has 0 aromatic carbocycles. The molecule has 0 fully saturated rings. The SMILES string of the molecule is O=C=NNC(=O)NC(=O)N(N=C=O)N=C=O. The minimum absolute atomic E-state index is 0.0792. The normalized spacial score (nSPS) is 7.25. The molecule has 11 nitrogen and oxygen atoms in total. The van der Waals surface area contributed by atoms with Crippen molar-refractivity contribution in [2.75, 3.05) is 0 Å². The number of hydrazone groups is 3. The zero-order chi connectivity index (χ0) is 12.4. The van der Waals surface area contributed by atoms with E-state index in [9.17, 15) is 24.0 Å². The summed E-state index contributed by atoms with van der Waals surface area (Å²) in [7, 11) is 0. The van der Waals surface area contributed by atoms with Crippen LogP contribution in [0.2, 0.25) is 0 Å². The highest BCUT2D eigenvalue weighted by atomic mass is 16.2. The molecule has 0 saturated carbocycles. The van der Waals surface area contributed by atoms with Crippen LogP contribution in [0.5, 0.6) is 0 Å². The van der Waals surface area contributed by atoms with E-state index < -0.39 is 12.1 Å². The monoisotopic (exact) mass is 226 g/mol. The molecular formula is C5H2N6O5. The molecule has 16 heavy (non-hydrogen) atoms. The lowest BCUT2D eigenvalue weighted by molar-refractivity contribution is 0.198. The number of nitrogens with one attached hydrogen (secondary N) is 2. The maximum atomic E-state index is 11.0. The summed E-state index contributed by atoms with van der Waals surface area (Å²) < 4.78 is 0. The van der Waals surface area contributed by atoms with E-state index in [-0.39, 0.29) is 5.12 Å². The molecule has 0 aliphatic heterocycles. The van der Waals surface area contributed by atoms with E-state index in [1.165, 1.54) is 10.7 Å². The summed E-state index contributed by atoms with van der Waals surface area (Å²) in [6, 6.07) is -2.58. The fraction of sp³-hybridized carbons (Fsp3) is 0. The third kappa shape index (κ3) is 4.80. The maximum Gasteiger partial charge on any atom is 0.368 e. The fourth-order valence-corrected chi connectivity index (χ4v) is 0.439. The van der Waals surface area contributed by atoms with Crippen molar-refractivity contribution in [3.8, 4) is 0 Å². The second-order valence-corrected chi connectivity index (χ2v) is 1.75. The highest BCUT2D eigenvalue weighted by Gasteiger charge is 2.15. The third-order valence-corrected chi connectivity index (χ3v) is 0.876. The molecule has 0 spiro atoms. The summed E-state index contributed by atoms with van der Waals surface area (Å²) in [4.78, 5) is 50.8. The Bertz CT molecular complexity index is 409. The first-order valence-electron chi connectivity index (χ1n) is 3.29. The van der Waals surface area contributed by atoms with E-state index in [2.05, 4.69) is 15.3 Å². The van der Waals surface area contributed by atoms with Crippen LogP contribution in [-0.2, 0) is 14.4 Å². The summed E-state index contributed by atoms with van der Waals surface area (Å²) in [5.74, 6) is 0. The molecular weight excluding hydrogens is 224 g/mol. The first-order chi connectivity index (χ1) is 7.65. The van der Waals surface area contributed by atoms with E-state index in [1.54, 1.807) is 0 Å². The van der Waals surface area contributed by atoms with Gasteiger partial charge in [0.2, 0.25) is 0 Å². The van der Waals surface area contributed by atoms with Crippen LogP contribution in [0.3, 0.4) is 0 Å². The average Bonchev–Trinajstić information content (AvgIpc) is 2.26. The van der Waals surface area contributed by atoms with Crippen LogP contribution >= 0.6 is 0 Å². The van der Waals surface area contributed by atoms with Gasteiger partial charge in [0.05, 0.1) is 0 Å². The second kappa shape index (κ2) is 7.30. The molecule has 0 aliphatic rings. The van der Waals surface area contributed by atoms with Crippen molar-refractivity contribution in [1.29, 1.82) is 0 Å². The van der Waals surface area contributed by atoms with Gasteiger partial charge in [-0.2, -0.15) is 0 Å². The van der Waals surface area contributed by atoms with Crippen molar-refractivity contribution in [3.05, 3.63) is 0 Å². The Hall–Kier alpha value is -3.12. The predicted molar refractivity (Wildman–Crippen MR) is 43.3 cm³/mol. The van der Waals surface area contributed by atoms with Crippen LogP contribution in [0.4, 0.5) is 9.59 Å². The molecule has 0 bridgehead atoms. The molecule has 0 unspecified atom stereocenters. The smallest absolute Gasteiger partial charge is 0.255 e. The van der Waals surface area contributed by atoms with Gasteiger partial charge in [-0.15, -0.1) is 0 Å². The van der Waals surface area contributed by atoms with E-state index >= 15 is 0 Å². The van der Waals surface area contributed by atoms with Gasteiger partial charge in [-0.25, -0.2) is 29.4 Å². The number of hydrogen-bond acceptors (Lipinski definition) is 8. The van der Waals surface area contributed by atoms with Crippen LogP contribution < -0.4 is 10.7 Å². The fourth-order valence-electron chi connectivity index (χ4n) is 0.439. The van der Waals surface area contributed by atoms with Gasteiger partial charge in [0.25, 0.3) is 18.2 Å². The molecule has 0 heterocycles. The summed E-state index contributed by atoms with van der Waals surface area (Å²) in [5, 5.41) is 9.34. The van der Waals surface area contributed by atoms with Crippen molar-refractivity contribution in [2.24, 2.45) is 15.3 Å². The van der Waals surface area contributed by atoms with Crippen molar-refractivity contribution in [2.45, 2.75) is 0 Å². The number of carbonyl (C=O) groups is 2. The molecule has 0 rings (SSSR count). The van der Waals surface area contributed by atoms with E-state index in [1.807, 2.05) is 0 Å². The number of amides is 4. The molecule has 2 N–H and O–H groups in total. The maximum absolute atomic E-state index is 11.0. The Morgan fingerprint density at radius 3 is 2.00 bits per heavy atom. The van der Waals surface area contributed by atoms with Gasteiger partial charge in [-0.1, -0.05) is 20.4 Å². The number of nitrogens with zero attached hydrogens (tertiary/aromatic N) is 4. The molecule has 0 aromatic heterocycles. The standard InChI is InChI=1S/C5H2N6O5/c12-1-6-10-4(15)9-5(16)11(7-2-13)8-3-14/h(H2,9,10,15,16). The van der Waals surface area contributed by atoms with Gasteiger partial charge in [-0.05, 0) is 0 Å². The molecule has 0 saturated heterocycles. The van der Waals surface area contributed by atoms with Gasteiger partial charge in [0.15, 0.2) is 0 Å². The van der Waals surface area contributed by atoms with Gasteiger partial charge in [-0.3, -0.25) is 5.32 Å². The van der Waals surface area contributed by atoms with Gasteiger partial charge >= 0.3 is 12.1 Å². The minimum Gasteiger partial charge on any atom is -0.255 e. The largest absolute Gasteiger partial charge is 0.368 e. The molecule has 82 valence electrons. The molecule has 0 radical (unpaired) electrons. The number of urea groups is 2. The highest BCUT2D eigenvalue weighted by Crippen LogP contribution is 1.89. The highest BCUT2D eigenvalue weighted by molar-refractivity contribution is 5.93. The topological polar surface area (TPSA) is 150 Å². The Kier molecular flexibility index (Phi) is 5.88. The predicted octanol–water partition coefficient (Wildman–Crippen LogP) is -1.54. The number of hydrogen-bond donors (Lipinski definition) is 2. The first-order valence-corrected chi connectivity index (χ1v) is 3.29. The van der Waals surface area contributed by atoms with E-state index in [4.69, 9.17) is 0 Å². The van der Waals surface area contributed by atoms with Crippen LogP contribution in [-0.4, -0.2) is 35.4 Å². The molecule has 0 aliphatic carbocycles. The lowest BCUT2D eigenvalue weighted by atomic mass is 10.9. The zero-order valence-electron chi connectivity index (χ0n) is 7.33. The van der Waals surface area contributed by atoms with Gasteiger partial charge < -0.3 is 0 Å². The third-order valence-electron chi connectivity index (χ3n) is 0.876. The van der Waals surface area contributed by atoms with E-state index in [0.29, 0.717) is 0 Å². The number of carbonyl (C=O) groups excluding carboxylic acids is 5. The van der Waals surface area contributed by atoms with Crippen LogP contribution in [0.15, 0.2) is 15.3 Å². The zero-order valence-corrected chi connectivity index (χ0v) is 7.33. The summed E-state index contributed by atoms with van der Waals surface area (Å²) in [5.41, 5.74) is 1.53. The second-order valence-electron chi connectivity index (χ2n) is 1.75. The number of isocyanates is 3. The lowest BCUT2D eigenvalue weighted by Crippen LogP contribution is -2.42. The Labute approximate surface area is 86.5 Å². The van der Waals surface area contributed by atoms with Crippen molar-refractivity contribution in [3.63, 3.8) is 0 Å². The molecule has 0 atom stereocenters. The van der Waals surface area contributed by atoms with Crippen molar-refractivity contribution >= 4 is 30.3 Å². The molecule has 4 amide bonds. The Morgan fingerprint density at radius 2 is 1.56 bits per heavy atom. The Morgan fingerprint density at radius 1 is 1.00 bits per heavy atom.